The summed E-state index contributed by atoms with van der Waals surface area (Å²) in [5.74, 6) is 0.809. The predicted octanol–water partition coefficient (Wildman–Crippen LogP) is 4.98. The van der Waals surface area contributed by atoms with Gasteiger partial charge in [0.05, 0.1) is 10.7 Å². The minimum atomic E-state index is 0.541. The van der Waals surface area contributed by atoms with E-state index in [1.54, 1.807) is 0 Å². The van der Waals surface area contributed by atoms with Crippen LogP contribution in [0.3, 0.4) is 0 Å². The van der Waals surface area contributed by atoms with Gasteiger partial charge < -0.3 is 5.32 Å². The van der Waals surface area contributed by atoms with Crippen LogP contribution >= 0.6 is 23.2 Å². The number of rotatable bonds is 2. The van der Waals surface area contributed by atoms with Gasteiger partial charge in [-0.15, -0.1) is 0 Å². The van der Waals surface area contributed by atoms with Crippen molar-refractivity contribution in [3.05, 3.63) is 28.2 Å². The molecule has 1 aliphatic carbocycles. The molecular weight excluding hydrogens is 241 g/mol. The second-order valence-corrected chi connectivity index (χ2v) is 5.58. The molecule has 2 unspecified atom stereocenters. The van der Waals surface area contributed by atoms with Gasteiger partial charge in [-0.2, -0.15) is 0 Å². The summed E-state index contributed by atoms with van der Waals surface area (Å²) in [7, 11) is 0. The standard InChI is InChI=1S/C13H17Cl2N/c1-9-3-2-4-11(7-9)16-13-8-10(14)5-6-12(13)15/h5-6,8-9,11,16H,2-4,7H2,1H3. The van der Waals surface area contributed by atoms with E-state index in [4.69, 9.17) is 23.2 Å². The van der Waals surface area contributed by atoms with Gasteiger partial charge in [0.15, 0.2) is 0 Å². The Morgan fingerprint density at radius 1 is 1.25 bits per heavy atom. The molecule has 1 fully saturated rings. The molecule has 0 radical (unpaired) electrons. The van der Waals surface area contributed by atoms with E-state index in [0.717, 1.165) is 21.7 Å². The number of nitrogens with one attached hydrogen (secondary N) is 1. The highest BCUT2D eigenvalue weighted by molar-refractivity contribution is 6.35. The Hall–Kier alpha value is -0.400. The Labute approximate surface area is 107 Å². The van der Waals surface area contributed by atoms with E-state index in [0.29, 0.717) is 6.04 Å². The van der Waals surface area contributed by atoms with E-state index < -0.39 is 0 Å². The Morgan fingerprint density at radius 3 is 2.81 bits per heavy atom. The number of anilines is 1. The van der Waals surface area contributed by atoms with Crippen molar-refractivity contribution in [2.75, 3.05) is 5.32 Å². The summed E-state index contributed by atoms with van der Waals surface area (Å²) in [5.41, 5.74) is 0.966. The Morgan fingerprint density at radius 2 is 2.06 bits per heavy atom. The lowest BCUT2D eigenvalue weighted by molar-refractivity contribution is 0.358. The Kier molecular flexibility index (Phi) is 3.99. The van der Waals surface area contributed by atoms with Crippen LogP contribution in [0, 0.1) is 5.92 Å². The lowest BCUT2D eigenvalue weighted by Gasteiger charge is -2.28. The summed E-state index contributed by atoms with van der Waals surface area (Å²) in [6.07, 6.45) is 5.11. The largest absolute Gasteiger partial charge is 0.381 e. The van der Waals surface area contributed by atoms with Crippen molar-refractivity contribution in [2.24, 2.45) is 5.92 Å². The van der Waals surface area contributed by atoms with Crippen LogP contribution in [0.25, 0.3) is 0 Å². The van der Waals surface area contributed by atoms with Crippen LogP contribution in [0.1, 0.15) is 32.6 Å². The lowest BCUT2D eigenvalue weighted by atomic mass is 9.87. The Balaban J connectivity index is 2.05. The first-order chi connectivity index (χ1) is 7.65. The van der Waals surface area contributed by atoms with Crippen molar-refractivity contribution in [3.8, 4) is 0 Å². The van der Waals surface area contributed by atoms with Gasteiger partial charge in [-0.25, -0.2) is 0 Å². The average Bonchev–Trinajstić information content (AvgIpc) is 2.24. The van der Waals surface area contributed by atoms with Gasteiger partial charge in [0.1, 0.15) is 0 Å². The van der Waals surface area contributed by atoms with Crippen LogP contribution in [-0.2, 0) is 0 Å². The van der Waals surface area contributed by atoms with Gasteiger partial charge in [0.2, 0.25) is 0 Å². The first-order valence-corrected chi connectivity index (χ1v) is 6.62. The summed E-state index contributed by atoms with van der Waals surface area (Å²) in [6.45, 7) is 2.31. The van der Waals surface area contributed by atoms with Crippen LogP contribution < -0.4 is 5.32 Å². The quantitative estimate of drug-likeness (QED) is 0.788. The summed E-state index contributed by atoms with van der Waals surface area (Å²) in [4.78, 5) is 0. The molecule has 0 saturated heterocycles. The van der Waals surface area contributed by atoms with Crippen LogP contribution in [0.4, 0.5) is 5.69 Å². The molecule has 1 aromatic carbocycles. The summed E-state index contributed by atoms with van der Waals surface area (Å²) < 4.78 is 0. The average molecular weight is 258 g/mol. The molecule has 1 aliphatic rings. The highest BCUT2D eigenvalue weighted by atomic mass is 35.5. The number of benzene rings is 1. The molecule has 0 amide bonds. The molecule has 0 heterocycles. The van der Waals surface area contributed by atoms with E-state index >= 15 is 0 Å². The lowest BCUT2D eigenvalue weighted by Crippen LogP contribution is -2.26. The van der Waals surface area contributed by atoms with Gasteiger partial charge in [-0.1, -0.05) is 43.0 Å². The molecule has 0 aliphatic heterocycles. The third-order valence-electron chi connectivity index (χ3n) is 3.22. The molecule has 1 saturated carbocycles. The highest BCUT2D eigenvalue weighted by Crippen LogP contribution is 2.30. The van der Waals surface area contributed by atoms with E-state index in [2.05, 4.69) is 12.2 Å². The van der Waals surface area contributed by atoms with Gasteiger partial charge in [0.25, 0.3) is 0 Å². The molecule has 88 valence electrons. The summed E-state index contributed by atoms with van der Waals surface area (Å²) in [6, 6.07) is 6.11. The van der Waals surface area contributed by atoms with E-state index in [1.165, 1.54) is 25.7 Å². The molecule has 0 bridgehead atoms. The van der Waals surface area contributed by atoms with Crippen molar-refractivity contribution in [2.45, 2.75) is 38.6 Å². The number of hydrogen-bond acceptors (Lipinski definition) is 1. The minimum absolute atomic E-state index is 0.541. The maximum atomic E-state index is 6.13. The first kappa shape index (κ1) is 12.1. The SMILES string of the molecule is CC1CCCC(Nc2cc(Cl)ccc2Cl)C1. The third kappa shape index (κ3) is 3.05. The number of hydrogen-bond donors (Lipinski definition) is 1. The minimum Gasteiger partial charge on any atom is -0.381 e. The molecule has 0 spiro atoms. The molecule has 2 atom stereocenters. The normalized spacial score (nSPS) is 25.4. The zero-order valence-electron chi connectivity index (χ0n) is 9.47. The van der Waals surface area contributed by atoms with Gasteiger partial charge >= 0.3 is 0 Å². The molecule has 2 rings (SSSR count). The van der Waals surface area contributed by atoms with Crippen molar-refractivity contribution >= 4 is 28.9 Å². The second-order valence-electron chi connectivity index (χ2n) is 4.74. The Bertz CT molecular complexity index is 365. The van der Waals surface area contributed by atoms with E-state index in [-0.39, 0.29) is 0 Å². The fourth-order valence-electron chi connectivity index (χ4n) is 2.39. The fraction of sp³-hybridized carbons (Fsp3) is 0.538. The topological polar surface area (TPSA) is 12.0 Å². The summed E-state index contributed by atoms with van der Waals surface area (Å²) in [5, 5.41) is 4.99. The summed E-state index contributed by atoms with van der Waals surface area (Å²) >= 11 is 12.1. The highest BCUT2D eigenvalue weighted by Gasteiger charge is 2.19. The van der Waals surface area contributed by atoms with E-state index in [9.17, 15) is 0 Å². The maximum absolute atomic E-state index is 6.13. The molecule has 3 heteroatoms. The van der Waals surface area contributed by atoms with Gasteiger partial charge in [0, 0.05) is 11.1 Å². The van der Waals surface area contributed by atoms with Crippen molar-refractivity contribution in [1.82, 2.24) is 0 Å². The second kappa shape index (κ2) is 5.29. The van der Waals surface area contributed by atoms with Gasteiger partial charge in [-0.05, 0) is 37.0 Å². The molecule has 1 N–H and O–H groups in total. The molecule has 0 aromatic heterocycles. The molecular formula is C13H17Cl2N. The molecule has 16 heavy (non-hydrogen) atoms. The van der Waals surface area contributed by atoms with E-state index in [1.807, 2.05) is 18.2 Å². The zero-order chi connectivity index (χ0) is 11.5. The van der Waals surface area contributed by atoms with Crippen LogP contribution in [-0.4, -0.2) is 6.04 Å². The van der Waals surface area contributed by atoms with Crippen molar-refractivity contribution in [3.63, 3.8) is 0 Å². The molecule has 1 aromatic rings. The van der Waals surface area contributed by atoms with Crippen LogP contribution in [0.5, 0.6) is 0 Å². The van der Waals surface area contributed by atoms with Crippen LogP contribution in [0.15, 0.2) is 18.2 Å². The monoisotopic (exact) mass is 257 g/mol. The fourth-order valence-corrected chi connectivity index (χ4v) is 2.74. The smallest absolute Gasteiger partial charge is 0.0638 e. The van der Waals surface area contributed by atoms with Crippen molar-refractivity contribution < 1.29 is 0 Å². The first-order valence-electron chi connectivity index (χ1n) is 5.87. The van der Waals surface area contributed by atoms with Crippen LogP contribution in [0.2, 0.25) is 10.0 Å². The van der Waals surface area contributed by atoms with Crippen molar-refractivity contribution in [1.29, 1.82) is 0 Å². The zero-order valence-corrected chi connectivity index (χ0v) is 11.0. The maximum Gasteiger partial charge on any atom is 0.0638 e. The third-order valence-corrected chi connectivity index (χ3v) is 3.79. The molecule has 1 nitrogen and oxygen atoms in total. The number of halogens is 2. The predicted molar refractivity (Wildman–Crippen MR) is 71.5 cm³/mol. The van der Waals surface area contributed by atoms with Gasteiger partial charge in [-0.3, -0.25) is 0 Å².